The zero-order valence-corrected chi connectivity index (χ0v) is 87.3. The van der Waals surface area contributed by atoms with Crippen LogP contribution >= 0.6 is 0 Å². The molecular formula is C96H184N28O19. The first-order chi connectivity index (χ1) is 67.6. The van der Waals surface area contributed by atoms with Gasteiger partial charge in [-0.3, -0.25) is 96.5 Å². The Balaban J connectivity index is 7.55. The van der Waals surface area contributed by atoms with Gasteiger partial charge in [-0.1, -0.05) is 89.5 Å². The Bertz CT molecular complexity index is 3850. The van der Waals surface area contributed by atoms with Gasteiger partial charge in [0.25, 0.3) is 0 Å². The summed E-state index contributed by atoms with van der Waals surface area (Å²) in [5.74, 6) is -11.1. The third-order valence-corrected chi connectivity index (χ3v) is 23.4. The number of carbonyl (C=O) groups excluding carboxylic acids is 19. The summed E-state index contributed by atoms with van der Waals surface area (Å²) in [4.78, 5) is 268. The summed E-state index contributed by atoms with van der Waals surface area (Å²) in [5.41, 5.74) is 60.6. The van der Waals surface area contributed by atoms with Crippen LogP contribution in [0, 0.1) is 35.5 Å². The number of hydrogen-bond donors (Lipinski definition) is 28. The fourth-order valence-corrected chi connectivity index (χ4v) is 15.6. The van der Waals surface area contributed by atoms with Gasteiger partial charge in [-0.15, -0.1) is 0 Å². The highest BCUT2D eigenvalue weighted by Crippen LogP contribution is 2.19. The van der Waals surface area contributed by atoms with Crippen LogP contribution in [0.2, 0.25) is 0 Å². The lowest BCUT2D eigenvalue weighted by molar-refractivity contribution is -0.137. The molecular weight excluding hydrogens is 1850 g/mol. The molecule has 39 N–H and O–H groups in total. The second-order valence-corrected chi connectivity index (χ2v) is 39.7. The number of hydrogen-bond acceptors (Lipinski definition) is 28. The van der Waals surface area contributed by atoms with E-state index in [9.17, 15) is 91.1 Å². The van der Waals surface area contributed by atoms with E-state index in [0.717, 1.165) is 0 Å². The summed E-state index contributed by atoms with van der Waals surface area (Å²) >= 11 is 0. The summed E-state index contributed by atoms with van der Waals surface area (Å²) < 4.78 is 0. The van der Waals surface area contributed by atoms with Crippen molar-refractivity contribution in [1.82, 2.24) is 90.5 Å². The van der Waals surface area contributed by atoms with Crippen LogP contribution in [0.3, 0.4) is 0 Å². The first-order valence-corrected chi connectivity index (χ1v) is 51.7. The minimum Gasteiger partial charge on any atom is -0.370 e. The van der Waals surface area contributed by atoms with E-state index in [-0.39, 0.29) is 190 Å². The molecule has 0 spiro atoms. The maximum absolute atomic E-state index is 14.9. The van der Waals surface area contributed by atoms with E-state index in [2.05, 4.69) is 90.5 Å². The van der Waals surface area contributed by atoms with Gasteiger partial charge in [0.1, 0.15) is 84.6 Å². The molecule has 0 aromatic rings. The normalized spacial score (nSPS) is 14.6. The zero-order chi connectivity index (χ0) is 108. The van der Waals surface area contributed by atoms with Crippen molar-refractivity contribution in [1.29, 1.82) is 0 Å². The molecule has 143 heavy (non-hydrogen) atoms. The molecule has 47 heteroatoms. The number of primary amides is 2. The summed E-state index contributed by atoms with van der Waals surface area (Å²) in [5, 5.41) is 43.5. The second kappa shape index (κ2) is 77.1. The van der Waals surface area contributed by atoms with Crippen molar-refractivity contribution in [2.45, 2.75) is 398 Å². The monoisotopic (exact) mass is 2030 g/mol. The zero-order valence-electron chi connectivity index (χ0n) is 87.3. The minimum absolute atomic E-state index is 0.0137. The molecule has 0 saturated carbocycles. The summed E-state index contributed by atoms with van der Waals surface area (Å²) in [7, 11) is 0. The maximum Gasteiger partial charge on any atom is 0.243 e. The highest BCUT2D eigenvalue weighted by Gasteiger charge is 2.40. The Morgan fingerprint density at radius 3 is 0.601 bits per heavy atom. The van der Waals surface area contributed by atoms with Crippen molar-refractivity contribution in [3.63, 3.8) is 0 Å². The Labute approximate surface area is 846 Å². The van der Waals surface area contributed by atoms with Crippen LogP contribution in [0.25, 0.3) is 0 Å². The smallest absolute Gasteiger partial charge is 0.243 e. The molecule has 0 aliphatic rings. The van der Waals surface area contributed by atoms with E-state index in [1.54, 1.807) is 55.4 Å². The highest BCUT2D eigenvalue weighted by atomic mass is 16.2. The molecule has 19 amide bonds. The summed E-state index contributed by atoms with van der Waals surface area (Å²) in [6, 6.07) is -20.3. The van der Waals surface area contributed by atoms with Gasteiger partial charge in [-0.05, 0) is 280 Å². The quantitative estimate of drug-likeness (QED) is 0.0122. The molecule has 15 atom stereocenters. The molecule has 0 bridgehead atoms. The topological polar surface area (TPSA) is 815 Å². The SMILES string of the molecule is CC(C)C[C@H](NC(=O)[C@H](CCCCN)NC(=O)[C@H](CC(C)C)NC(=O)[C@H](CCC(N)=O)NC(=O)[C@H](CCCCN)NC(=O)[C@H](CCCCN)NC(=O)[C@H](CCC(N)=O)NC(=O)[C@H](CC(C)C)NC(=O)[C@H](CCCCN)NC(=O)[C@H](CC(C)C)NC(=O)[C@H](CC(C)C)NC(=O)[C@H](CCCCN)NC(=O)[C@H](CCCCN)NC(=O)[C@@H](N)CC(C)C)C(=O)N[C@@H](CCCCN)C(=O)NCC(=O)NCCCCCC(=O)NN. The molecule has 0 saturated heterocycles. The number of amides is 19. The molecule has 0 aromatic heterocycles. The van der Waals surface area contributed by atoms with Crippen LogP contribution in [0.1, 0.15) is 308 Å². The van der Waals surface area contributed by atoms with Crippen LogP contribution in [0.5, 0.6) is 0 Å². The number of nitrogens with one attached hydrogen (secondary N) is 17. The van der Waals surface area contributed by atoms with Crippen molar-refractivity contribution < 1.29 is 91.1 Å². The second-order valence-electron chi connectivity index (χ2n) is 39.7. The van der Waals surface area contributed by atoms with Gasteiger partial charge in [0.2, 0.25) is 112 Å². The van der Waals surface area contributed by atoms with Gasteiger partial charge in [0.15, 0.2) is 0 Å². The molecule has 47 nitrogen and oxygen atoms in total. The van der Waals surface area contributed by atoms with E-state index < -0.39 is 229 Å². The van der Waals surface area contributed by atoms with E-state index >= 15 is 0 Å². The van der Waals surface area contributed by atoms with Gasteiger partial charge in [-0.2, -0.15) is 0 Å². The molecule has 822 valence electrons. The maximum atomic E-state index is 14.9. The van der Waals surface area contributed by atoms with Crippen molar-refractivity contribution in [2.24, 2.45) is 98.7 Å². The van der Waals surface area contributed by atoms with Crippen LogP contribution in [0.15, 0.2) is 0 Å². The molecule has 0 aliphatic carbocycles. The standard InChI is InChI=1S/C96H184N28O19/c1-57(2)50-63(104)82(129)110-65(31-16-23-43-98)84(131)113-68(34-19-26-46-101)87(134)121-77(55-62(11)12)96(143)123-76(54-61(9)10)94(141)116-70(36-21-28-48-103)89(136)120-75(53-60(7)8)95(142)118-71(38-40-78(105)125)90(137)114-66(32-17-24-44-99)85(132)112-67(33-18-25-45-100)86(133)117-72(39-41-79(106)126)91(138)122-74(52-59(5)6)93(140)115-69(35-20-27-47-102)88(135)119-73(51-58(3)4)92(139)111-64(30-15-22-42-97)83(130)109-56-81(128)108-49-29-13-14-37-80(127)124-107/h57-77H,13-56,97-104,107H2,1-12H3,(H2,105,125)(H2,106,126)(H,108,128)(H,109,130)(H,110,129)(H,111,139)(H,112,132)(H,113,131)(H,114,137)(H,115,140)(H,116,141)(H,117,133)(H,118,142)(H,119,135)(H,120,136)(H,121,134)(H,122,138)(H,123,143)(H,124,127)/t63-,64-,65-,66-,67-,68-,69-,70-,71-,72-,73-,74-,75-,76-,77-/m0/s1. The first-order valence-electron chi connectivity index (χ1n) is 51.7. The summed E-state index contributed by atoms with van der Waals surface area (Å²) in [6.45, 7) is 23.0. The van der Waals surface area contributed by atoms with Gasteiger partial charge in [-0.25, -0.2) is 5.84 Å². The van der Waals surface area contributed by atoms with E-state index in [0.29, 0.717) is 103 Å². The third kappa shape index (κ3) is 60.8. The predicted molar refractivity (Wildman–Crippen MR) is 546 cm³/mol. The van der Waals surface area contributed by atoms with Crippen LogP contribution in [-0.4, -0.2) is 262 Å². The van der Waals surface area contributed by atoms with Crippen molar-refractivity contribution in [3.8, 4) is 0 Å². The fourth-order valence-electron chi connectivity index (χ4n) is 15.6. The molecule has 0 radical (unpaired) electrons. The number of rotatable bonds is 83. The molecule has 0 unspecified atom stereocenters. The van der Waals surface area contributed by atoms with Crippen molar-refractivity contribution in [2.75, 3.05) is 58.9 Å². The first kappa shape index (κ1) is 133. The predicted octanol–water partition coefficient (Wildman–Crippen LogP) is -3.41. The van der Waals surface area contributed by atoms with Crippen LogP contribution in [-0.2, 0) is 91.1 Å². The van der Waals surface area contributed by atoms with E-state index in [1.165, 1.54) is 0 Å². The van der Waals surface area contributed by atoms with Crippen LogP contribution < -0.4 is 154 Å². The van der Waals surface area contributed by atoms with E-state index in [4.69, 9.17) is 63.2 Å². The lowest BCUT2D eigenvalue weighted by atomic mass is 9.98. The van der Waals surface area contributed by atoms with Gasteiger partial charge >= 0.3 is 0 Å². The number of hydrazine groups is 1. The number of nitrogens with two attached hydrogens (primary N) is 11. The molecule has 0 aromatic carbocycles. The molecule has 0 fully saturated rings. The van der Waals surface area contributed by atoms with Gasteiger partial charge in [0, 0.05) is 25.8 Å². The van der Waals surface area contributed by atoms with Crippen molar-refractivity contribution >= 4 is 112 Å². The number of unbranched alkanes of at least 4 members (excludes halogenated alkanes) is 9. The van der Waals surface area contributed by atoms with Crippen molar-refractivity contribution in [3.05, 3.63) is 0 Å². The highest BCUT2D eigenvalue weighted by molar-refractivity contribution is 6.01. The summed E-state index contributed by atoms with van der Waals surface area (Å²) in [6.07, 6.45) is 5.65. The Hall–Kier alpha value is -10.4. The molecule has 0 heterocycles. The Morgan fingerprint density at radius 1 is 0.203 bits per heavy atom. The average molecular weight is 2030 g/mol. The number of carbonyl (C=O) groups is 19. The molecule has 0 aliphatic heterocycles. The lowest BCUT2D eigenvalue weighted by Crippen LogP contribution is -2.61. The van der Waals surface area contributed by atoms with Crippen LogP contribution in [0.4, 0.5) is 0 Å². The Morgan fingerprint density at radius 2 is 0.399 bits per heavy atom. The van der Waals surface area contributed by atoms with Gasteiger partial charge in [0.05, 0.1) is 12.6 Å². The Kier molecular flexibility index (Phi) is 71.5. The third-order valence-electron chi connectivity index (χ3n) is 23.4. The minimum atomic E-state index is -1.66. The van der Waals surface area contributed by atoms with E-state index in [1.807, 2.05) is 27.7 Å². The molecule has 0 rings (SSSR count). The fraction of sp³-hybridized carbons (Fsp3) is 0.802. The lowest BCUT2D eigenvalue weighted by Gasteiger charge is -2.29. The van der Waals surface area contributed by atoms with Gasteiger partial charge < -0.3 is 142 Å². The average Bonchev–Trinajstić information content (AvgIpc) is 0.846. The largest absolute Gasteiger partial charge is 0.370 e.